The number of aliphatic carboxylic acids is 1. The number of carbonyl (C=O) groups is 2. The van der Waals surface area contributed by atoms with E-state index in [1.807, 2.05) is 20.8 Å². The summed E-state index contributed by atoms with van der Waals surface area (Å²) in [5.41, 5.74) is 0.456. The molecule has 1 aromatic heterocycles. The Balaban J connectivity index is 2.62. The first-order chi connectivity index (χ1) is 9.23. The molecule has 0 fully saturated rings. The second kappa shape index (κ2) is 6.54. The van der Waals surface area contributed by atoms with Gasteiger partial charge in [-0.2, -0.15) is 0 Å². The van der Waals surface area contributed by atoms with Crippen molar-refractivity contribution in [2.24, 2.45) is 17.3 Å². The maximum absolute atomic E-state index is 12.3. The van der Waals surface area contributed by atoms with Gasteiger partial charge in [0, 0.05) is 19.2 Å². The summed E-state index contributed by atoms with van der Waals surface area (Å²) in [6.07, 6.45) is 3.97. The minimum atomic E-state index is -0.952. The lowest BCUT2D eigenvalue weighted by Gasteiger charge is -2.32. The van der Waals surface area contributed by atoms with Crippen molar-refractivity contribution in [2.45, 2.75) is 34.1 Å². The van der Waals surface area contributed by atoms with Crippen LogP contribution in [0.4, 0.5) is 0 Å². The number of H-pyrrole nitrogens is 1. The maximum Gasteiger partial charge on any atom is 0.307 e. The van der Waals surface area contributed by atoms with Gasteiger partial charge >= 0.3 is 5.97 Å². The number of carboxylic acids is 1. The van der Waals surface area contributed by atoms with Crippen LogP contribution in [0.3, 0.4) is 0 Å². The molecule has 20 heavy (non-hydrogen) atoms. The van der Waals surface area contributed by atoms with Gasteiger partial charge in [0.1, 0.15) is 0 Å². The highest BCUT2D eigenvalue weighted by molar-refractivity contribution is 5.85. The van der Waals surface area contributed by atoms with Crippen molar-refractivity contribution >= 4 is 11.9 Å². The van der Waals surface area contributed by atoms with E-state index in [-0.39, 0.29) is 5.91 Å². The van der Waals surface area contributed by atoms with Crippen molar-refractivity contribution in [3.63, 3.8) is 0 Å². The molecule has 1 aromatic rings. The van der Waals surface area contributed by atoms with Gasteiger partial charge in [0.2, 0.25) is 5.91 Å². The Hall–Kier alpha value is -1.85. The molecule has 0 aliphatic heterocycles. The van der Waals surface area contributed by atoms with Crippen molar-refractivity contribution in [2.75, 3.05) is 6.54 Å². The third kappa shape index (κ3) is 4.36. The summed E-state index contributed by atoms with van der Waals surface area (Å²) in [7, 11) is 0. The third-order valence-electron chi connectivity index (χ3n) is 3.34. The van der Waals surface area contributed by atoms with E-state index in [0.29, 0.717) is 13.0 Å². The lowest BCUT2D eigenvalue weighted by Crippen LogP contribution is -2.44. The van der Waals surface area contributed by atoms with E-state index in [4.69, 9.17) is 5.11 Å². The van der Waals surface area contributed by atoms with Gasteiger partial charge in [0.05, 0.1) is 23.9 Å². The Morgan fingerprint density at radius 3 is 2.55 bits per heavy atom. The summed E-state index contributed by atoms with van der Waals surface area (Å²) >= 11 is 0. The lowest BCUT2D eigenvalue weighted by atomic mass is 9.73. The number of nitrogens with zero attached hydrogens (tertiary/aromatic N) is 1. The predicted octanol–water partition coefficient (Wildman–Crippen LogP) is 1.45. The van der Waals surface area contributed by atoms with Crippen LogP contribution < -0.4 is 5.32 Å². The second-order valence-electron chi connectivity index (χ2n) is 6.07. The number of imidazole rings is 1. The molecule has 0 aromatic carbocycles. The van der Waals surface area contributed by atoms with Crippen LogP contribution in [0.5, 0.6) is 0 Å². The fraction of sp³-hybridized carbons (Fsp3) is 0.643. The Kier molecular flexibility index (Phi) is 5.30. The lowest BCUT2D eigenvalue weighted by molar-refractivity contribution is -0.149. The van der Waals surface area contributed by atoms with Gasteiger partial charge in [0.25, 0.3) is 0 Å². The monoisotopic (exact) mass is 281 g/mol. The highest BCUT2D eigenvalue weighted by atomic mass is 16.4. The van der Waals surface area contributed by atoms with Crippen LogP contribution in [-0.2, 0) is 16.0 Å². The third-order valence-corrected chi connectivity index (χ3v) is 3.34. The SMILES string of the molecule is CC(C(=O)O)C(C(=O)NCCc1c[nH]cn1)C(C)(C)C. The number of amides is 1. The number of hydrogen-bond donors (Lipinski definition) is 3. The fourth-order valence-electron chi connectivity index (χ4n) is 2.36. The van der Waals surface area contributed by atoms with Gasteiger partial charge in [-0.05, 0) is 5.41 Å². The molecule has 2 unspecified atom stereocenters. The number of nitrogens with one attached hydrogen (secondary N) is 2. The van der Waals surface area contributed by atoms with E-state index in [9.17, 15) is 9.59 Å². The van der Waals surface area contributed by atoms with E-state index in [0.717, 1.165) is 5.69 Å². The summed E-state index contributed by atoms with van der Waals surface area (Å²) in [5, 5.41) is 12.0. The molecule has 0 saturated heterocycles. The number of rotatable bonds is 6. The van der Waals surface area contributed by atoms with Crippen LogP contribution in [0, 0.1) is 17.3 Å². The zero-order valence-electron chi connectivity index (χ0n) is 12.4. The Morgan fingerprint density at radius 1 is 1.45 bits per heavy atom. The summed E-state index contributed by atoms with van der Waals surface area (Å²) in [5.74, 6) is -2.46. The fourth-order valence-corrected chi connectivity index (χ4v) is 2.36. The summed E-state index contributed by atoms with van der Waals surface area (Å²) in [4.78, 5) is 30.3. The van der Waals surface area contributed by atoms with Gasteiger partial charge in [-0.3, -0.25) is 9.59 Å². The molecule has 0 radical (unpaired) electrons. The number of aromatic nitrogens is 2. The molecular formula is C14H23N3O3. The first-order valence-electron chi connectivity index (χ1n) is 6.71. The van der Waals surface area contributed by atoms with Crippen molar-refractivity contribution in [1.82, 2.24) is 15.3 Å². The van der Waals surface area contributed by atoms with Gasteiger partial charge < -0.3 is 15.4 Å². The zero-order valence-corrected chi connectivity index (χ0v) is 12.4. The van der Waals surface area contributed by atoms with Crippen LogP contribution in [-0.4, -0.2) is 33.5 Å². The van der Waals surface area contributed by atoms with Crippen LogP contribution in [0.25, 0.3) is 0 Å². The highest BCUT2D eigenvalue weighted by Crippen LogP contribution is 2.32. The van der Waals surface area contributed by atoms with Crippen LogP contribution in [0.2, 0.25) is 0 Å². The molecule has 0 aliphatic rings. The van der Waals surface area contributed by atoms with E-state index in [2.05, 4.69) is 15.3 Å². The number of hydrogen-bond acceptors (Lipinski definition) is 3. The summed E-state index contributed by atoms with van der Waals surface area (Å²) in [6, 6.07) is 0. The van der Waals surface area contributed by atoms with Crippen molar-refractivity contribution < 1.29 is 14.7 Å². The molecule has 6 heteroatoms. The standard InChI is InChI=1S/C14H23N3O3/c1-9(13(19)20)11(14(2,3)4)12(18)16-6-5-10-7-15-8-17-10/h7-9,11H,5-6H2,1-4H3,(H,15,17)(H,16,18)(H,19,20). The predicted molar refractivity (Wildman–Crippen MR) is 75.0 cm³/mol. The topological polar surface area (TPSA) is 95.1 Å². The molecule has 0 bridgehead atoms. The van der Waals surface area contributed by atoms with E-state index < -0.39 is 23.2 Å². The molecule has 6 nitrogen and oxygen atoms in total. The molecular weight excluding hydrogens is 258 g/mol. The normalized spacial score (nSPS) is 14.6. The Labute approximate surface area is 119 Å². The van der Waals surface area contributed by atoms with Gasteiger partial charge in [-0.1, -0.05) is 27.7 Å². The summed E-state index contributed by atoms with van der Waals surface area (Å²) < 4.78 is 0. The minimum absolute atomic E-state index is 0.220. The molecule has 1 heterocycles. The molecule has 1 amide bonds. The molecule has 112 valence electrons. The van der Waals surface area contributed by atoms with Crippen molar-refractivity contribution in [3.8, 4) is 0 Å². The maximum atomic E-state index is 12.3. The van der Waals surface area contributed by atoms with E-state index >= 15 is 0 Å². The Morgan fingerprint density at radius 2 is 2.10 bits per heavy atom. The number of carboxylic acid groups (broad SMARTS) is 1. The second-order valence-corrected chi connectivity index (χ2v) is 6.07. The van der Waals surface area contributed by atoms with Gasteiger partial charge in [-0.15, -0.1) is 0 Å². The highest BCUT2D eigenvalue weighted by Gasteiger charge is 2.38. The summed E-state index contributed by atoms with van der Waals surface area (Å²) in [6.45, 7) is 7.66. The molecule has 3 N–H and O–H groups in total. The smallest absolute Gasteiger partial charge is 0.307 e. The molecule has 0 saturated carbocycles. The molecule has 2 atom stereocenters. The molecule has 0 aliphatic carbocycles. The number of carbonyl (C=O) groups excluding carboxylic acids is 1. The van der Waals surface area contributed by atoms with Gasteiger partial charge in [0.15, 0.2) is 0 Å². The zero-order chi connectivity index (χ0) is 15.3. The first-order valence-corrected chi connectivity index (χ1v) is 6.71. The Bertz CT molecular complexity index is 449. The average Bonchev–Trinajstić information content (AvgIpc) is 2.80. The molecule has 1 rings (SSSR count). The van der Waals surface area contributed by atoms with E-state index in [1.54, 1.807) is 19.4 Å². The van der Waals surface area contributed by atoms with Crippen LogP contribution >= 0.6 is 0 Å². The van der Waals surface area contributed by atoms with Crippen molar-refractivity contribution in [1.29, 1.82) is 0 Å². The molecule has 0 spiro atoms. The van der Waals surface area contributed by atoms with Crippen molar-refractivity contribution in [3.05, 3.63) is 18.2 Å². The average molecular weight is 281 g/mol. The van der Waals surface area contributed by atoms with Crippen LogP contribution in [0.15, 0.2) is 12.5 Å². The van der Waals surface area contributed by atoms with Crippen LogP contribution in [0.1, 0.15) is 33.4 Å². The largest absolute Gasteiger partial charge is 0.481 e. The quantitative estimate of drug-likeness (QED) is 0.735. The number of aromatic amines is 1. The van der Waals surface area contributed by atoms with E-state index in [1.165, 1.54) is 0 Å². The first kappa shape index (κ1) is 16.2. The minimum Gasteiger partial charge on any atom is -0.481 e. The van der Waals surface area contributed by atoms with Gasteiger partial charge in [-0.25, -0.2) is 4.98 Å².